The molecule has 0 aliphatic carbocycles. The summed E-state index contributed by atoms with van der Waals surface area (Å²) in [6.45, 7) is 1.60. The third-order valence-corrected chi connectivity index (χ3v) is 3.98. The van der Waals surface area contributed by atoms with Gasteiger partial charge in [-0.1, -0.05) is 18.2 Å². The highest BCUT2D eigenvalue weighted by Gasteiger charge is 2.22. The molecule has 2 aromatic rings. The number of carbonyl (C=O) groups excluding carboxylic acids is 1. The largest absolute Gasteiger partial charge is 0.496 e. The van der Waals surface area contributed by atoms with Gasteiger partial charge in [0.1, 0.15) is 5.75 Å². The molecule has 1 atom stereocenters. The van der Waals surface area contributed by atoms with Crippen LogP contribution in [0.15, 0.2) is 24.3 Å². The second-order valence-corrected chi connectivity index (χ2v) is 5.42. The third-order valence-electron chi connectivity index (χ3n) is 3.98. The van der Waals surface area contributed by atoms with E-state index < -0.39 is 6.10 Å². The number of aromatic nitrogens is 2. The van der Waals surface area contributed by atoms with Crippen molar-refractivity contribution in [2.45, 2.75) is 19.1 Å². The Labute approximate surface area is 146 Å². The van der Waals surface area contributed by atoms with Crippen molar-refractivity contribution in [3.05, 3.63) is 46.8 Å². The smallest absolute Gasteiger partial charge is 0.272 e. The van der Waals surface area contributed by atoms with Crippen LogP contribution in [0.3, 0.4) is 0 Å². The van der Waals surface area contributed by atoms with Gasteiger partial charge in [-0.25, -0.2) is 0 Å². The summed E-state index contributed by atoms with van der Waals surface area (Å²) in [5.74, 6) is 0.302. The van der Waals surface area contributed by atoms with Crippen LogP contribution in [0.5, 0.6) is 5.75 Å². The van der Waals surface area contributed by atoms with Crippen molar-refractivity contribution in [1.29, 1.82) is 0 Å². The molecular formula is C16H21ClN4O3. The number of nitrogens with one attached hydrogen (secondary N) is 3. The van der Waals surface area contributed by atoms with Gasteiger partial charge in [0.05, 0.1) is 13.2 Å². The normalized spacial score (nSPS) is 14.2. The predicted molar refractivity (Wildman–Crippen MR) is 91.5 cm³/mol. The van der Waals surface area contributed by atoms with E-state index >= 15 is 0 Å². The summed E-state index contributed by atoms with van der Waals surface area (Å²) in [6, 6.07) is 7.20. The maximum atomic E-state index is 12.3. The van der Waals surface area contributed by atoms with Gasteiger partial charge in [0.25, 0.3) is 5.91 Å². The van der Waals surface area contributed by atoms with Crippen LogP contribution in [0.2, 0.25) is 0 Å². The Bertz CT molecular complexity index is 704. The standard InChI is InChI=1S/C16H20N4O3.ClH/c1-23-14-5-3-2-4-10(14)13(21)9-18-16(22)15-11-8-17-7-6-12(11)19-20-15;/h2-5,13,17,21H,6-9H2,1H3,(H,18,22)(H,19,20);1H. The van der Waals surface area contributed by atoms with Gasteiger partial charge in [-0.2, -0.15) is 5.10 Å². The number of aliphatic hydroxyl groups excluding tert-OH is 1. The van der Waals surface area contributed by atoms with Crippen molar-refractivity contribution in [2.75, 3.05) is 20.2 Å². The number of ether oxygens (including phenoxy) is 1. The number of methoxy groups -OCH3 is 1. The molecule has 1 aromatic heterocycles. The molecule has 1 aliphatic rings. The SMILES string of the molecule is COc1ccccc1C(O)CNC(=O)c1n[nH]c2c1CNCC2.Cl. The lowest BCUT2D eigenvalue weighted by Gasteiger charge is -2.16. The molecule has 0 saturated carbocycles. The first-order valence-corrected chi connectivity index (χ1v) is 7.56. The van der Waals surface area contributed by atoms with Crippen molar-refractivity contribution in [2.24, 2.45) is 0 Å². The highest BCUT2D eigenvalue weighted by Crippen LogP contribution is 2.24. The second-order valence-electron chi connectivity index (χ2n) is 5.42. The van der Waals surface area contributed by atoms with Crippen LogP contribution >= 0.6 is 12.4 Å². The number of nitrogens with zero attached hydrogens (tertiary/aromatic N) is 1. The summed E-state index contributed by atoms with van der Waals surface area (Å²) in [5, 5.41) is 23.2. The van der Waals surface area contributed by atoms with Gasteiger partial charge in [-0.05, 0) is 6.07 Å². The van der Waals surface area contributed by atoms with E-state index in [4.69, 9.17) is 4.74 Å². The van der Waals surface area contributed by atoms with Crippen LogP contribution in [-0.2, 0) is 13.0 Å². The van der Waals surface area contributed by atoms with E-state index in [0.29, 0.717) is 23.6 Å². The summed E-state index contributed by atoms with van der Waals surface area (Å²) in [4.78, 5) is 12.3. The van der Waals surface area contributed by atoms with Crippen molar-refractivity contribution in [3.8, 4) is 5.75 Å². The predicted octanol–water partition coefficient (Wildman–Crippen LogP) is 0.949. The first-order valence-electron chi connectivity index (χ1n) is 7.56. The van der Waals surface area contributed by atoms with Crippen LogP contribution in [0.4, 0.5) is 0 Å². The molecule has 1 aromatic carbocycles. The number of hydrogen-bond acceptors (Lipinski definition) is 5. The summed E-state index contributed by atoms with van der Waals surface area (Å²) in [7, 11) is 1.55. The van der Waals surface area contributed by atoms with Gasteiger partial charge in [0.2, 0.25) is 0 Å². The quantitative estimate of drug-likeness (QED) is 0.642. The molecule has 0 radical (unpaired) electrons. The molecule has 130 valence electrons. The zero-order chi connectivity index (χ0) is 16.2. The van der Waals surface area contributed by atoms with E-state index in [1.165, 1.54) is 0 Å². The first-order chi connectivity index (χ1) is 11.2. The number of aromatic amines is 1. The minimum absolute atomic E-state index is 0. The van der Waals surface area contributed by atoms with Crippen LogP contribution in [0.25, 0.3) is 0 Å². The van der Waals surface area contributed by atoms with Crippen molar-refractivity contribution in [1.82, 2.24) is 20.8 Å². The third kappa shape index (κ3) is 3.69. The number of amides is 1. The van der Waals surface area contributed by atoms with Crippen LogP contribution in [0, 0.1) is 0 Å². The molecule has 1 amide bonds. The zero-order valence-corrected chi connectivity index (χ0v) is 14.2. The van der Waals surface area contributed by atoms with Gasteiger partial charge < -0.3 is 20.5 Å². The molecular weight excluding hydrogens is 332 g/mol. The fourth-order valence-electron chi connectivity index (χ4n) is 2.74. The molecule has 2 heterocycles. The summed E-state index contributed by atoms with van der Waals surface area (Å²) in [6.07, 6.45) is -0.0117. The molecule has 4 N–H and O–H groups in total. The molecule has 7 nitrogen and oxygen atoms in total. The lowest BCUT2D eigenvalue weighted by molar-refractivity contribution is 0.0908. The van der Waals surface area contributed by atoms with Crippen molar-refractivity contribution in [3.63, 3.8) is 0 Å². The van der Waals surface area contributed by atoms with Gasteiger partial charge in [0, 0.05) is 42.9 Å². The number of H-pyrrole nitrogens is 1. The fraction of sp³-hybridized carbons (Fsp3) is 0.375. The highest BCUT2D eigenvalue weighted by atomic mass is 35.5. The average molecular weight is 353 g/mol. The van der Waals surface area contributed by atoms with E-state index in [-0.39, 0.29) is 24.9 Å². The molecule has 0 fully saturated rings. The van der Waals surface area contributed by atoms with E-state index in [2.05, 4.69) is 20.8 Å². The molecule has 0 saturated heterocycles. The van der Waals surface area contributed by atoms with E-state index in [0.717, 1.165) is 24.2 Å². The van der Waals surface area contributed by atoms with E-state index in [1.807, 2.05) is 12.1 Å². The Morgan fingerprint density at radius 2 is 2.25 bits per heavy atom. The molecule has 0 spiro atoms. The van der Waals surface area contributed by atoms with E-state index in [9.17, 15) is 9.90 Å². The number of carbonyl (C=O) groups is 1. The van der Waals surface area contributed by atoms with Gasteiger partial charge in [-0.15, -0.1) is 12.4 Å². The second kappa shape index (κ2) is 8.14. The number of hydrogen-bond donors (Lipinski definition) is 4. The Balaban J connectivity index is 0.00000208. The Hall–Kier alpha value is -2.09. The summed E-state index contributed by atoms with van der Waals surface area (Å²) < 4.78 is 5.22. The topological polar surface area (TPSA) is 99.3 Å². The molecule has 0 bridgehead atoms. The van der Waals surface area contributed by atoms with Crippen LogP contribution < -0.4 is 15.4 Å². The number of rotatable bonds is 5. The summed E-state index contributed by atoms with van der Waals surface area (Å²) >= 11 is 0. The summed E-state index contributed by atoms with van der Waals surface area (Å²) in [5.41, 5.74) is 2.93. The molecule has 8 heteroatoms. The monoisotopic (exact) mass is 352 g/mol. The zero-order valence-electron chi connectivity index (χ0n) is 13.3. The molecule has 3 rings (SSSR count). The van der Waals surface area contributed by atoms with Crippen LogP contribution in [-0.4, -0.2) is 41.4 Å². The number of halogens is 1. The Kier molecular flexibility index (Phi) is 6.19. The minimum atomic E-state index is -0.844. The van der Waals surface area contributed by atoms with Gasteiger partial charge >= 0.3 is 0 Å². The molecule has 1 unspecified atom stereocenters. The lowest BCUT2D eigenvalue weighted by Crippen LogP contribution is -2.31. The number of aliphatic hydroxyl groups is 1. The molecule has 1 aliphatic heterocycles. The van der Waals surface area contributed by atoms with Gasteiger partial charge in [-0.3, -0.25) is 9.89 Å². The number of para-hydroxylation sites is 1. The van der Waals surface area contributed by atoms with Crippen LogP contribution in [0.1, 0.15) is 33.4 Å². The average Bonchev–Trinajstić information content (AvgIpc) is 3.03. The minimum Gasteiger partial charge on any atom is -0.496 e. The molecule has 24 heavy (non-hydrogen) atoms. The Morgan fingerprint density at radius 1 is 1.46 bits per heavy atom. The van der Waals surface area contributed by atoms with Crippen molar-refractivity contribution >= 4 is 18.3 Å². The maximum absolute atomic E-state index is 12.3. The maximum Gasteiger partial charge on any atom is 0.272 e. The Morgan fingerprint density at radius 3 is 3.04 bits per heavy atom. The fourth-order valence-corrected chi connectivity index (χ4v) is 2.74. The van der Waals surface area contributed by atoms with Crippen molar-refractivity contribution < 1.29 is 14.6 Å². The lowest BCUT2D eigenvalue weighted by atomic mass is 10.1. The van der Waals surface area contributed by atoms with Gasteiger partial charge in [0.15, 0.2) is 5.69 Å². The first kappa shape index (κ1) is 18.3. The number of benzene rings is 1. The number of fused-ring (bicyclic) bond motifs is 1. The highest BCUT2D eigenvalue weighted by molar-refractivity contribution is 5.94. The van der Waals surface area contributed by atoms with E-state index in [1.54, 1.807) is 19.2 Å².